The van der Waals surface area contributed by atoms with Gasteiger partial charge in [0.05, 0.1) is 9.33 Å². The van der Waals surface area contributed by atoms with Crippen LogP contribution in [-0.4, -0.2) is 10.1 Å². The third-order valence-electron chi connectivity index (χ3n) is 3.14. The molecular weight excluding hydrogens is 350 g/mol. The van der Waals surface area contributed by atoms with Crippen molar-refractivity contribution in [2.45, 2.75) is 24.8 Å². The molecule has 3 rings (SSSR count). The van der Waals surface area contributed by atoms with Crippen LogP contribution >= 0.6 is 39.7 Å². The molecule has 19 heavy (non-hydrogen) atoms. The summed E-state index contributed by atoms with van der Waals surface area (Å²) in [5.74, 6) is 1.13. The van der Waals surface area contributed by atoms with E-state index in [4.69, 9.17) is 10.3 Å². The van der Waals surface area contributed by atoms with Crippen LogP contribution in [0.1, 0.15) is 36.5 Å². The predicted octanol–water partition coefficient (Wildman–Crippen LogP) is 3.82. The van der Waals surface area contributed by atoms with Gasteiger partial charge in [0.15, 0.2) is 5.82 Å². The third kappa shape index (κ3) is 3.08. The van der Waals surface area contributed by atoms with Gasteiger partial charge >= 0.3 is 0 Å². The Balaban J connectivity index is 0.00000133. The Morgan fingerprint density at radius 3 is 2.79 bits per heavy atom. The molecular formula is C12H13BrClN3OS. The molecule has 0 aliphatic heterocycles. The second kappa shape index (κ2) is 5.75. The Hall–Kier alpha value is -0.690. The van der Waals surface area contributed by atoms with E-state index in [1.165, 1.54) is 0 Å². The first kappa shape index (κ1) is 14.7. The van der Waals surface area contributed by atoms with E-state index in [-0.39, 0.29) is 17.9 Å². The van der Waals surface area contributed by atoms with Crippen molar-refractivity contribution in [2.75, 3.05) is 0 Å². The van der Waals surface area contributed by atoms with Crippen molar-refractivity contribution in [3.8, 4) is 0 Å². The smallest absolute Gasteiger partial charge is 0.250 e. The maximum absolute atomic E-state index is 6.13. The Morgan fingerprint density at radius 2 is 2.21 bits per heavy atom. The van der Waals surface area contributed by atoms with Gasteiger partial charge in [-0.1, -0.05) is 5.16 Å². The predicted molar refractivity (Wildman–Crippen MR) is 82.2 cm³/mol. The number of rotatable bonds is 3. The molecule has 2 N–H and O–H groups in total. The van der Waals surface area contributed by atoms with E-state index in [9.17, 15) is 0 Å². The van der Waals surface area contributed by atoms with Crippen molar-refractivity contribution >= 4 is 51.8 Å². The van der Waals surface area contributed by atoms with Crippen LogP contribution in [0, 0.1) is 0 Å². The fourth-order valence-corrected chi connectivity index (χ4v) is 3.01. The fourth-order valence-electron chi connectivity index (χ4n) is 1.86. The summed E-state index contributed by atoms with van der Waals surface area (Å²) in [7, 11) is 0. The minimum absolute atomic E-state index is 0. The molecule has 0 radical (unpaired) electrons. The highest BCUT2D eigenvalue weighted by Crippen LogP contribution is 2.36. The van der Waals surface area contributed by atoms with Gasteiger partial charge in [-0.15, -0.1) is 23.7 Å². The summed E-state index contributed by atoms with van der Waals surface area (Å²) in [6.07, 6.45) is 6.77. The van der Waals surface area contributed by atoms with Crippen LogP contribution in [0.2, 0.25) is 0 Å². The van der Waals surface area contributed by atoms with Crippen molar-refractivity contribution in [3.05, 3.63) is 32.5 Å². The molecule has 2 aromatic rings. The summed E-state index contributed by atoms with van der Waals surface area (Å²) in [6.45, 7) is 0. The Kier molecular flexibility index (Phi) is 4.45. The van der Waals surface area contributed by atoms with Crippen LogP contribution in [0.15, 0.2) is 19.8 Å². The lowest BCUT2D eigenvalue weighted by molar-refractivity contribution is 0.229. The second-order valence-electron chi connectivity index (χ2n) is 4.48. The van der Waals surface area contributed by atoms with Gasteiger partial charge in [0.25, 0.3) is 5.89 Å². The van der Waals surface area contributed by atoms with Gasteiger partial charge < -0.3 is 10.3 Å². The van der Waals surface area contributed by atoms with Gasteiger partial charge in [-0.3, -0.25) is 0 Å². The number of aromatic nitrogens is 2. The number of hydrogen-bond donors (Lipinski definition) is 1. The molecule has 0 amide bonds. The lowest BCUT2D eigenvalue weighted by Gasteiger charge is -2.34. The van der Waals surface area contributed by atoms with Crippen LogP contribution < -0.4 is 5.73 Å². The summed E-state index contributed by atoms with van der Waals surface area (Å²) in [6, 6.07) is 2.04. The average molecular weight is 363 g/mol. The highest BCUT2D eigenvalue weighted by molar-refractivity contribution is 9.11. The van der Waals surface area contributed by atoms with E-state index in [0.29, 0.717) is 11.7 Å². The van der Waals surface area contributed by atoms with Gasteiger partial charge in [-0.05, 0) is 58.3 Å². The fraction of sp³-hybridized carbons (Fsp3) is 0.333. The summed E-state index contributed by atoms with van der Waals surface area (Å²) < 4.78 is 6.28. The number of nitrogens with zero attached hydrogens (tertiary/aromatic N) is 2. The first-order chi connectivity index (χ1) is 8.66. The molecule has 2 heterocycles. The molecule has 4 nitrogen and oxygen atoms in total. The molecule has 0 unspecified atom stereocenters. The van der Waals surface area contributed by atoms with Crippen LogP contribution in [0.25, 0.3) is 12.2 Å². The number of halogens is 2. The van der Waals surface area contributed by atoms with Gasteiger partial charge in [-0.25, -0.2) is 0 Å². The van der Waals surface area contributed by atoms with Gasteiger partial charge in [0.1, 0.15) is 0 Å². The summed E-state index contributed by atoms with van der Waals surface area (Å²) >= 11 is 5.06. The zero-order chi connectivity index (χ0) is 12.6. The summed E-state index contributed by atoms with van der Waals surface area (Å²) in [5.41, 5.74) is 6.88. The Labute approximate surface area is 129 Å². The standard InChI is InChI=1S/C12H12BrN3OS.ClH/c13-9-6-8(7-18-9)2-3-10-15-11(16-17-10)12(14)4-1-5-12;/h2-3,6-7H,1,4-5,14H2;1H/b3-2+;. The minimum atomic E-state index is -0.360. The van der Waals surface area contributed by atoms with Gasteiger partial charge in [0.2, 0.25) is 0 Å². The van der Waals surface area contributed by atoms with Crippen LogP contribution in [0.4, 0.5) is 0 Å². The third-order valence-corrected chi connectivity index (χ3v) is 4.66. The summed E-state index contributed by atoms with van der Waals surface area (Å²) in [5, 5.41) is 6.01. The lowest BCUT2D eigenvalue weighted by atomic mass is 9.77. The van der Waals surface area contributed by atoms with E-state index in [1.54, 1.807) is 11.3 Å². The molecule has 0 saturated heterocycles. The highest BCUT2D eigenvalue weighted by atomic mass is 79.9. The topological polar surface area (TPSA) is 64.9 Å². The molecule has 0 spiro atoms. The minimum Gasteiger partial charge on any atom is -0.335 e. The molecule has 0 aromatic carbocycles. The Bertz CT molecular complexity index is 591. The quantitative estimate of drug-likeness (QED) is 0.901. The molecule has 2 aromatic heterocycles. The van der Waals surface area contributed by atoms with E-state index < -0.39 is 0 Å². The molecule has 0 atom stereocenters. The van der Waals surface area contributed by atoms with Crippen molar-refractivity contribution in [3.63, 3.8) is 0 Å². The molecule has 7 heteroatoms. The highest BCUT2D eigenvalue weighted by Gasteiger charge is 2.38. The van der Waals surface area contributed by atoms with E-state index >= 15 is 0 Å². The first-order valence-corrected chi connectivity index (χ1v) is 7.38. The zero-order valence-corrected chi connectivity index (χ0v) is 13.2. The Morgan fingerprint density at radius 1 is 1.42 bits per heavy atom. The van der Waals surface area contributed by atoms with Crippen LogP contribution in [0.3, 0.4) is 0 Å². The van der Waals surface area contributed by atoms with Crippen LogP contribution in [-0.2, 0) is 5.54 Å². The monoisotopic (exact) mass is 361 g/mol. The molecule has 102 valence electrons. The molecule has 1 saturated carbocycles. The van der Waals surface area contributed by atoms with Crippen molar-refractivity contribution in [1.29, 1.82) is 0 Å². The largest absolute Gasteiger partial charge is 0.335 e. The molecule has 1 aliphatic rings. The maximum Gasteiger partial charge on any atom is 0.250 e. The summed E-state index contributed by atoms with van der Waals surface area (Å²) in [4.78, 5) is 4.33. The van der Waals surface area contributed by atoms with Crippen molar-refractivity contribution < 1.29 is 4.52 Å². The number of thiophene rings is 1. The van der Waals surface area contributed by atoms with Crippen molar-refractivity contribution in [2.24, 2.45) is 5.73 Å². The van der Waals surface area contributed by atoms with Gasteiger partial charge in [0, 0.05) is 6.08 Å². The van der Waals surface area contributed by atoms with Crippen molar-refractivity contribution in [1.82, 2.24) is 10.1 Å². The van der Waals surface area contributed by atoms with E-state index in [2.05, 4.69) is 26.1 Å². The van der Waals surface area contributed by atoms with Crippen LogP contribution in [0.5, 0.6) is 0 Å². The second-order valence-corrected chi connectivity index (χ2v) is 6.77. The maximum atomic E-state index is 6.13. The van der Waals surface area contributed by atoms with E-state index in [0.717, 1.165) is 28.6 Å². The number of nitrogens with two attached hydrogens (primary N) is 1. The molecule has 1 aliphatic carbocycles. The lowest BCUT2D eigenvalue weighted by Crippen LogP contribution is -2.44. The number of hydrogen-bond acceptors (Lipinski definition) is 5. The van der Waals surface area contributed by atoms with Gasteiger partial charge in [-0.2, -0.15) is 4.98 Å². The molecule has 0 bridgehead atoms. The molecule has 1 fully saturated rings. The zero-order valence-electron chi connectivity index (χ0n) is 10.0. The average Bonchev–Trinajstić information content (AvgIpc) is 2.92. The first-order valence-electron chi connectivity index (χ1n) is 5.71. The van der Waals surface area contributed by atoms with E-state index in [1.807, 2.05) is 23.6 Å². The normalized spacial score (nSPS) is 17.2. The SMILES string of the molecule is Cl.NC1(c2noc(/C=C/c3csc(Br)c3)n2)CCC1.